The molecular weight excluding hydrogens is 216 g/mol. The first-order chi connectivity index (χ1) is 6.38. The van der Waals surface area contributed by atoms with E-state index >= 15 is 0 Å². The van der Waals surface area contributed by atoms with Gasteiger partial charge >= 0.3 is 0 Å². The van der Waals surface area contributed by atoms with Crippen molar-refractivity contribution in [1.29, 1.82) is 0 Å². The summed E-state index contributed by atoms with van der Waals surface area (Å²) in [6.07, 6.45) is 1.86. The van der Waals surface area contributed by atoms with Crippen molar-refractivity contribution >= 4 is 21.6 Å². The normalized spacial score (nSPS) is 14.7. The molecule has 0 rings (SSSR count). The second-order valence-electron chi connectivity index (χ2n) is 6.94. The fraction of sp³-hybridized carbons (Fsp3) is 0.750. The van der Waals surface area contributed by atoms with Gasteiger partial charge in [-0.25, -0.2) is 0 Å². The molecule has 0 saturated heterocycles. The number of hydrogen-bond acceptors (Lipinski definition) is 1. The summed E-state index contributed by atoms with van der Waals surface area (Å²) in [5.74, 6) is 0. The van der Waals surface area contributed by atoms with Crippen molar-refractivity contribution in [2.75, 3.05) is 0 Å². The number of rotatable bonds is 3. The molecule has 0 aromatic rings. The molecule has 1 nitrogen and oxygen atoms in total. The predicted octanol–water partition coefficient (Wildman–Crippen LogP) is 4.04. The van der Waals surface area contributed by atoms with Crippen molar-refractivity contribution in [2.24, 2.45) is 0 Å². The quantitative estimate of drug-likeness (QED) is 0.539. The van der Waals surface area contributed by atoms with Gasteiger partial charge < -0.3 is 4.79 Å². The summed E-state index contributed by atoms with van der Waals surface area (Å²) in [6, 6.07) is 0. The van der Waals surface area contributed by atoms with E-state index in [-0.39, 0.29) is 5.04 Å². The van der Waals surface area contributed by atoms with Crippen molar-refractivity contribution in [3.05, 3.63) is 11.8 Å². The zero-order valence-electron chi connectivity index (χ0n) is 11.6. The fourth-order valence-electron chi connectivity index (χ4n) is 0.904. The van der Waals surface area contributed by atoms with E-state index in [1.807, 2.05) is 6.08 Å². The number of hydrogen-bond donors (Lipinski definition) is 0. The summed E-state index contributed by atoms with van der Waals surface area (Å²) in [6.45, 7) is 17.6. The lowest BCUT2D eigenvalue weighted by Gasteiger charge is -2.34. The summed E-state index contributed by atoms with van der Waals surface area (Å²) < 4.78 is 0. The summed E-state index contributed by atoms with van der Waals surface area (Å²) in [5.41, 5.74) is 2.16. The van der Waals surface area contributed by atoms with E-state index in [2.05, 4.69) is 59.2 Å². The van der Waals surface area contributed by atoms with Crippen LogP contribution in [-0.4, -0.2) is 21.6 Å². The third kappa shape index (κ3) is 4.47. The minimum Gasteiger partial charge on any atom is -0.301 e. The van der Waals surface area contributed by atoms with Gasteiger partial charge in [0.05, 0.1) is 8.07 Å². The Bertz CT molecular complexity index is 264. The van der Waals surface area contributed by atoms with Gasteiger partial charge in [-0.3, -0.25) is 0 Å². The maximum atomic E-state index is 12.2. The maximum absolute atomic E-state index is 12.2. The molecule has 0 aliphatic rings. The molecule has 0 unspecified atom stereocenters. The van der Waals surface area contributed by atoms with Crippen LogP contribution in [0.5, 0.6) is 0 Å². The SMILES string of the molecule is CC(C)(C)[Si](C)(C)C(=O)/C=C\[Si](C)(C)C. The second-order valence-corrected chi connectivity index (χ2v) is 17.2. The average molecular weight is 243 g/mol. The second kappa shape index (κ2) is 4.38. The zero-order chi connectivity index (χ0) is 12.5. The van der Waals surface area contributed by atoms with Crippen LogP contribution in [0.2, 0.25) is 37.8 Å². The van der Waals surface area contributed by atoms with E-state index in [4.69, 9.17) is 0 Å². The van der Waals surface area contributed by atoms with Gasteiger partial charge in [0.15, 0.2) is 0 Å². The van der Waals surface area contributed by atoms with E-state index in [1.54, 1.807) is 0 Å². The first-order valence-corrected chi connectivity index (χ1v) is 12.2. The van der Waals surface area contributed by atoms with Crippen molar-refractivity contribution in [1.82, 2.24) is 0 Å². The van der Waals surface area contributed by atoms with Gasteiger partial charge in [0.1, 0.15) is 13.5 Å². The molecule has 88 valence electrons. The molecule has 0 aliphatic carbocycles. The summed E-state index contributed by atoms with van der Waals surface area (Å²) in [4.78, 5) is 12.2. The van der Waals surface area contributed by atoms with Crippen LogP contribution in [0.3, 0.4) is 0 Å². The molecule has 0 bridgehead atoms. The monoisotopic (exact) mass is 242 g/mol. The van der Waals surface area contributed by atoms with Crippen LogP contribution in [0, 0.1) is 0 Å². The van der Waals surface area contributed by atoms with Gasteiger partial charge in [0.25, 0.3) is 0 Å². The molecule has 0 aromatic carbocycles. The van der Waals surface area contributed by atoms with Gasteiger partial charge in [0, 0.05) is 0 Å². The fourth-order valence-corrected chi connectivity index (χ4v) is 2.96. The first kappa shape index (κ1) is 14.8. The molecule has 0 radical (unpaired) electrons. The first-order valence-electron chi connectivity index (χ1n) is 5.61. The molecule has 0 saturated carbocycles. The average Bonchev–Trinajstić information content (AvgIpc) is 1.96. The van der Waals surface area contributed by atoms with Gasteiger partial charge in [-0.15, -0.1) is 0 Å². The molecule has 0 amide bonds. The van der Waals surface area contributed by atoms with E-state index in [0.29, 0.717) is 5.41 Å². The van der Waals surface area contributed by atoms with Crippen LogP contribution < -0.4 is 0 Å². The minimum atomic E-state index is -1.81. The van der Waals surface area contributed by atoms with E-state index in [9.17, 15) is 4.79 Å². The van der Waals surface area contributed by atoms with E-state index in [0.717, 1.165) is 0 Å². The smallest absolute Gasteiger partial charge is 0.137 e. The molecule has 0 aliphatic heterocycles. The molecule has 0 N–H and O–H groups in total. The van der Waals surface area contributed by atoms with E-state index in [1.165, 1.54) is 0 Å². The molecule has 0 spiro atoms. The lowest BCUT2D eigenvalue weighted by molar-refractivity contribution is -0.108. The number of carbonyl (C=O) groups excluding carboxylic acids is 1. The zero-order valence-corrected chi connectivity index (χ0v) is 13.6. The standard InChI is InChI=1S/C12H26OSi2/c1-12(2,3)15(7,8)11(13)9-10-14(4,5)6/h9-10H,1-8H3/b10-9-. The highest BCUT2D eigenvalue weighted by Gasteiger charge is 2.40. The van der Waals surface area contributed by atoms with Crippen LogP contribution >= 0.6 is 0 Å². The maximum Gasteiger partial charge on any atom is 0.137 e. The third-order valence-corrected chi connectivity index (χ3v) is 9.54. The van der Waals surface area contributed by atoms with Crippen LogP contribution in [0.1, 0.15) is 20.8 Å². The Kier molecular flexibility index (Phi) is 4.33. The predicted molar refractivity (Wildman–Crippen MR) is 74.7 cm³/mol. The highest BCUT2D eigenvalue weighted by molar-refractivity contribution is 7.07. The number of carbonyl (C=O) groups is 1. The molecule has 0 aromatic heterocycles. The summed E-state index contributed by atoms with van der Waals surface area (Å²) in [7, 11) is -3.05. The Morgan fingerprint density at radius 2 is 1.40 bits per heavy atom. The van der Waals surface area contributed by atoms with Gasteiger partial charge in [-0.05, 0) is 11.1 Å². The topological polar surface area (TPSA) is 17.1 Å². The van der Waals surface area contributed by atoms with Crippen molar-refractivity contribution in [3.8, 4) is 0 Å². The number of allylic oxidation sites excluding steroid dienone is 1. The largest absolute Gasteiger partial charge is 0.301 e. The lowest BCUT2D eigenvalue weighted by atomic mass is 10.2. The van der Waals surface area contributed by atoms with Gasteiger partial charge in [-0.2, -0.15) is 0 Å². The molecular formula is C12H26OSi2. The third-order valence-electron chi connectivity index (χ3n) is 3.23. The Hall–Kier alpha value is -0.156. The van der Waals surface area contributed by atoms with Crippen LogP contribution in [0.4, 0.5) is 0 Å². The van der Waals surface area contributed by atoms with Gasteiger partial charge in [-0.1, -0.05) is 59.2 Å². The molecule has 0 atom stereocenters. The van der Waals surface area contributed by atoms with Crippen molar-refractivity contribution in [3.63, 3.8) is 0 Å². The Morgan fingerprint density at radius 1 is 1.00 bits per heavy atom. The molecule has 0 fully saturated rings. The van der Waals surface area contributed by atoms with Crippen LogP contribution in [0.25, 0.3) is 0 Å². The molecule has 15 heavy (non-hydrogen) atoms. The molecule has 0 heterocycles. The van der Waals surface area contributed by atoms with Crippen LogP contribution in [-0.2, 0) is 4.79 Å². The lowest BCUT2D eigenvalue weighted by Crippen LogP contribution is -2.45. The highest BCUT2D eigenvalue weighted by Crippen LogP contribution is 2.36. The summed E-state index contributed by atoms with van der Waals surface area (Å²) >= 11 is 0. The van der Waals surface area contributed by atoms with Gasteiger partial charge in [0.2, 0.25) is 0 Å². The van der Waals surface area contributed by atoms with Crippen molar-refractivity contribution in [2.45, 2.75) is 58.5 Å². The minimum absolute atomic E-state index is 0.147. The summed E-state index contributed by atoms with van der Waals surface area (Å²) in [5, 5.41) is 0.533. The Morgan fingerprint density at radius 3 is 1.67 bits per heavy atom. The van der Waals surface area contributed by atoms with Crippen LogP contribution in [0.15, 0.2) is 11.8 Å². The Labute approximate surface area is 97.0 Å². The van der Waals surface area contributed by atoms with Crippen molar-refractivity contribution < 1.29 is 4.79 Å². The Balaban J connectivity index is 4.82. The van der Waals surface area contributed by atoms with E-state index < -0.39 is 16.1 Å². The highest BCUT2D eigenvalue weighted by atomic mass is 28.3. The molecule has 3 heteroatoms.